The molecule has 0 aliphatic heterocycles. The van der Waals surface area contributed by atoms with Gasteiger partial charge < -0.3 is 5.32 Å². The number of amides is 1. The van der Waals surface area contributed by atoms with Crippen LogP contribution in [0.2, 0.25) is 0 Å². The van der Waals surface area contributed by atoms with Gasteiger partial charge in [-0.05, 0) is 31.2 Å². The Bertz CT molecular complexity index is 545. The average Bonchev–Trinajstić information content (AvgIpc) is 2.71. The molecule has 1 amide bonds. The minimum absolute atomic E-state index is 0.184. The van der Waals surface area contributed by atoms with Gasteiger partial charge in [-0.2, -0.15) is 5.10 Å². The van der Waals surface area contributed by atoms with Gasteiger partial charge in [0, 0.05) is 7.05 Å². The first-order valence-corrected chi connectivity index (χ1v) is 5.16. The van der Waals surface area contributed by atoms with Crippen molar-refractivity contribution < 1.29 is 9.18 Å². The Hall–Kier alpha value is -2.17. The van der Waals surface area contributed by atoms with Crippen LogP contribution in [0.25, 0.3) is 5.69 Å². The van der Waals surface area contributed by atoms with E-state index in [9.17, 15) is 9.18 Å². The average molecular weight is 233 g/mol. The van der Waals surface area contributed by atoms with Gasteiger partial charge in [0.2, 0.25) is 0 Å². The summed E-state index contributed by atoms with van der Waals surface area (Å²) in [7, 11) is 1.57. The fraction of sp³-hybridized carbons (Fsp3) is 0.167. The Morgan fingerprint density at radius 2 is 2.00 bits per heavy atom. The highest BCUT2D eigenvalue weighted by Crippen LogP contribution is 2.14. The summed E-state index contributed by atoms with van der Waals surface area (Å²) in [6, 6.07) is 5.94. The Kier molecular flexibility index (Phi) is 2.91. The minimum Gasteiger partial charge on any atom is -0.355 e. The van der Waals surface area contributed by atoms with Crippen LogP contribution in [-0.4, -0.2) is 22.7 Å². The van der Waals surface area contributed by atoms with E-state index in [4.69, 9.17) is 0 Å². The maximum Gasteiger partial charge on any atom is 0.254 e. The quantitative estimate of drug-likeness (QED) is 0.857. The molecule has 2 aromatic rings. The summed E-state index contributed by atoms with van der Waals surface area (Å²) in [6.45, 7) is 1.79. The Morgan fingerprint density at radius 1 is 1.35 bits per heavy atom. The van der Waals surface area contributed by atoms with E-state index in [1.165, 1.54) is 18.3 Å². The molecule has 1 aromatic heterocycles. The Morgan fingerprint density at radius 3 is 2.59 bits per heavy atom. The maximum absolute atomic E-state index is 12.8. The standard InChI is InChI=1S/C12H12FN3O/c1-8-11(12(17)14-2)7-15-16(8)10-5-3-9(13)4-6-10/h3-7H,1-2H3,(H,14,17). The summed E-state index contributed by atoms with van der Waals surface area (Å²) >= 11 is 0. The molecule has 0 saturated heterocycles. The van der Waals surface area contributed by atoms with Crippen LogP contribution in [0.4, 0.5) is 4.39 Å². The van der Waals surface area contributed by atoms with E-state index in [2.05, 4.69) is 10.4 Å². The van der Waals surface area contributed by atoms with E-state index in [0.717, 1.165) is 11.4 Å². The number of nitrogens with one attached hydrogen (secondary N) is 1. The van der Waals surface area contributed by atoms with Crippen molar-refractivity contribution in [1.29, 1.82) is 0 Å². The van der Waals surface area contributed by atoms with E-state index < -0.39 is 0 Å². The first kappa shape index (κ1) is 11.3. The van der Waals surface area contributed by atoms with E-state index >= 15 is 0 Å². The van der Waals surface area contributed by atoms with Gasteiger partial charge in [0.05, 0.1) is 23.1 Å². The molecule has 2 rings (SSSR count). The van der Waals surface area contributed by atoms with Crippen LogP contribution in [0.15, 0.2) is 30.5 Å². The van der Waals surface area contributed by atoms with E-state index in [1.54, 1.807) is 30.8 Å². The number of carbonyl (C=O) groups excluding carboxylic acids is 1. The molecule has 1 aromatic carbocycles. The van der Waals surface area contributed by atoms with Crippen LogP contribution in [0, 0.1) is 12.7 Å². The number of halogens is 1. The minimum atomic E-state index is -0.301. The van der Waals surface area contributed by atoms with Gasteiger partial charge in [0.15, 0.2) is 0 Å². The summed E-state index contributed by atoms with van der Waals surface area (Å²) < 4.78 is 14.4. The molecule has 0 aliphatic carbocycles. The number of hydrogen-bond donors (Lipinski definition) is 1. The van der Waals surface area contributed by atoms with Crippen LogP contribution in [0.3, 0.4) is 0 Å². The van der Waals surface area contributed by atoms with Gasteiger partial charge in [-0.15, -0.1) is 0 Å². The summed E-state index contributed by atoms with van der Waals surface area (Å²) in [5, 5.41) is 6.66. The zero-order chi connectivity index (χ0) is 12.4. The molecule has 0 fully saturated rings. The number of aromatic nitrogens is 2. The van der Waals surface area contributed by atoms with Crippen LogP contribution in [0.5, 0.6) is 0 Å². The lowest BCUT2D eigenvalue weighted by atomic mass is 10.2. The van der Waals surface area contributed by atoms with Crippen LogP contribution in [0.1, 0.15) is 16.1 Å². The predicted octanol–water partition coefficient (Wildman–Crippen LogP) is 1.68. The van der Waals surface area contributed by atoms with Crippen molar-refractivity contribution in [3.05, 3.63) is 47.5 Å². The van der Waals surface area contributed by atoms with Crippen molar-refractivity contribution in [1.82, 2.24) is 15.1 Å². The van der Waals surface area contributed by atoms with E-state index in [1.807, 2.05) is 0 Å². The van der Waals surface area contributed by atoms with Gasteiger partial charge >= 0.3 is 0 Å². The van der Waals surface area contributed by atoms with Crippen molar-refractivity contribution in [3.63, 3.8) is 0 Å². The zero-order valence-corrected chi connectivity index (χ0v) is 9.57. The Balaban J connectivity index is 2.44. The molecule has 1 N–H and O–H groups in total. The highest BCUT2D eigenvalue weighted by molar-refractivity contribution is 5.94. The van der Waals surface area contributed by atoms with Crippen molar-refractivity contribution >= 4 is 5.91 Å². The van der Waals surface area contributed by atoms with Gasteiger partial charge in [-0.3, -0.25) is 4.79 Å². The predicted molar refractivity (Wildman–Crippen MR) is 61.6 cm³/mol. The molecule has 1 heterocycles. The molecule has 5 heteroatoms. The first-order chi connectivity index (χ1) is 8.13. The molecule has 0 aliphatic rings. The number of hydrogen-bond acceptors (Lipinski definition) is 2. The first-order valence-electron chi connectivity index (χ1n) is 5.16. The van der Waals surface area contributed by atoms with Crippen LogP contribution < -0.4 is 5.32 Å². The summed E-state index contributed by atoms with van der Waals surface area (Å²) in [5.74, 6) is -0.485. The van der Waals surface area contributed by atoms with Gasteiger partial charge in [0.25, 0.3) is 5.91 Å². The SMILES string of the molecule is CNC(=O)c1cnn(-c2ccc(F)cc2)c1C. The normalized spacial score (nSPS) is 10.3. The Labute approximate surface area is 98.1 Å². The van der Waals surface area contributed by atoms with Gasteiger partial charge in [-0.1, -0.05) is 0 Å². The number of carbonyl (C=O) groups is 1. The number of benzene rings is 1. The monoisotopic (exact) mass is 233 g/mol. The third-order valence-electron chi connectivity index (χ3n) is 2.55. The third kappa shape index (κ3) is 2.04. The van der Waals surface area contributed by atoms with Crippen molar-refractivity contribution in [2.75, 3.05) is 7.05 Å². The molecule has 17 heavy (non-hydrogen) atoms. The summed E-state index contributed by atoms with van der Waals surface area (Å²) in [6.07, 6.45) is 1.50. The molecule has 4 nitrogen and oxygen atoms in total. The van der Waals surface area contributed by atoms with Crippen LogP contribution >= 0.6 is 0 Å². The van der Waals surface area contributed by atoms with E-state index in [-0.39, 0.29) is 11.7 Å². The maximum atomic E-state index is 12.8. The second kappa shape index (κ2) is 4.37. The number of rotatable bonds is 2. The summed E-state index contributed by atoms with van der Waals surface area (Å²) in [5.41, 5.74) is 1.95. The molecular weight excluding hydrogens is 221 g/mol. The van der Waals surface area contributed by atoms with Crippen molar-refractivity contribution in [2.24, 2.45) is 0 Å². The fourth-order valence-electron chi connectivity index (χ4n) is 1.61. The molecule has 0 bridgehead atoms. The molecule has 0 radical (unpaired) electrons. The van der Waals surface area contributed by atoms with Crippen molar-refractivity contribution in [2.45, 2.75) is 6.92 Å². The molecule has 0 spiro atoms. The van der Waals surface area contributed by atoms with Gasteiger partial charge in [0.1, 0.15) is 5.82 Å². The highest BCUT2D eigenvalue weighted by atomic mass is 19.1. The number of nitrogens with zero attached hydrogens (tertiary/aromatic N) is 2. The third-order valence-corrected chi connectivity index (χ3v) is 2.55. The topological polar surface area (TPSA) is 46.9 Å². The van der Waals surface area contributed by atoms with Crippen molar-refractivity contribution in [3.8, 4) is 5.69 Å². The molecular formula is C12H12FN3O. The zero-order valence-electron chi connectivity index (χ0n) is 9.57. The van der Waals surface area contributed by atoms with Gasteiger partial charge in [-0.25, -0.2) is 9.07 Å². The molecule has 0 unspecified atom stereocenters. The van der Waals surface area contributed by atoms with Crippen LogP contribution in [-0.2, 0) is 0 Å². The second-order valence-corrected chi connectivity index (χ2v) is 3.61. The molecule has 0 saturated carbocycles. The second-order valence-electron chi connectivity index (χ2n) is 3.61. The smallest absolute Gasteiger partial charge is 0.254 e. The largest absolute Gasteiger partial charge is 0.355 e. The highest BCUT2D eigenvalue weighted by Gasteiger charge is 2.13. The fourth-order valence-corrected chi connectivity index (χ4v) is 1.61. The lowest BCUT2D eigenvalue weighted by molar-refractivity contribution is 0.0962. The van der Waals surface area contributed by atoms with E-state index in [0.29, 0.717) is 5.56 Å². The lowest BCUT2D eigenvalue weighted by Gasteiger charge is -2.04. The lowest BCUT2D eigenvalue weighted by Crippen LogP contribution is -2.18. The molecule has 0 atom stereocenters. The molecule has 88 valence electrons. The summed E-state index contributed by atoms with van der Waals surface area (Å²) in [4.78, 5) is 11.5.